The fourth-order valence-corrected chi connectivity index (χ4v) is 4.63. The van der Waals surface area contributed by atoms with Crippen molar-refractivity contribution >= 4 is 22.0 Å². The topological polar surface area (TPSA) is 49.8 Å². The highest BCUT2D eigenvalue weighted by molar-refractivity contribution is 9.10. The summed E-state index contributed by atoms with van der Waals surface area (Å²) in [6, 6.07) is 12.1. The molecule has 130 valence electrons. The van der Waals surface area contributed by atoms with E-state index in [1.807, 2.05) is 30.3 Å². The number of ether oxygens (including phenoxy) is 1. The average Bonchev–Trinajstić information content (AvgIpc) is 3.21. The lowest BCUT2D eigenvalue weighted by atomic mass is 9.81. The van der Waals surface area contributed by atoms with E-state index >= 15 is 0 Å². The van der Waals surface area contributed by atoms with Crippen LogP contribution >= 0.6 is 15.9 Å². The normalized spacial score (nSPS) is 24.9. The molecule has 2 unspecified atom stereocenters. The number of carboxylic acid groups (broad SMARTS) is 1. The van der Waals surface area contributed by atoms with Crippen molar-refractivity contribution in [1.29, 1.82) is 0 Å². The second-order valence-corrected chi connectivity index (χ2v) is 7.39. The van der Waals surface area contributed by atoms with Gasteiger partial charge >= 0.3 is 6.09 Å². The van der Waals surface area contributed by atoms with Crippen molar-refractivity contribution < 1.29 is 19.0 Å². The first-order valence-corrected chi connectivity index (χ1v) is 9.02. The Kier molecular flexibility index (Phi) is 3.95. The Morgan fingerprint density at radius 2 is 2.08 bits per heavy atom. The molecule has 1 amide bonds. The van der Waals surface area contributed by atoms with Gasteiger partial charge in [0.2, 0.25) is 0 Å². The Hall–Kier alpha value is -2.08. The van der Waals surface area contributed by atoms with Crippen molar-refractivity contribution in [2.24, 2.45) is 0 Å². The van der Waals surface area contributed by atoms with Crippen molar-refractivity contribution in [3.63, 3.8) is 0 Å². The van der Waals surface area contributed by atoms with Gasteiger partial charge in [-0.15, -0.1) is 0 Å². The summed E-state index contributed by atoms with van der Waals surface area (Å²) in [5, 5.41) is 9.62. The zero-order chi connectivity index (χ0) is 17.6. The molecule has 0 bridgehead atoms. The average molecular weight is 406 g/mol. The Morgan fingerprint density at radius 3 is 2.80 bits per heavy atom. The second kappa shape index (κ2) is 6.02. The minimum Gasteiger partial charge on any atom is -0.480 e. The van der Waals surface area contributed by atoms with Gasteiger partial charge in [0.15, 0.2) is 5.60 Å². The fraction of sp³-hybridized carbons (Fsp3) is 0.316. The number of hydrogen-bond acceptors (Lipinski definition) is 2. The third kappa shape index (κ3) is 2.59. The molecule has 0 aliphatic carbocycles. The predicted molar refractivity (Wildman–Crippen MR) is 94.3 cm³/mol. The van der Waals surface area contributed by atoms with E-state index < -0.39 is 11.7 Å². The number of fused-ring (bicyclic) bond motifs is 1. The zero-order valence-corrected chi connectivity index (χ0v) is 15.0. The van der Waals surface area contributed by atoms with Crippen molar-refractivity contribution in [2.75, 3.05) is 6.54 Å². The third-order valence-electron chi connectivity index (χ3n) is 5.15. The van der Waals surface area contributed by atoms with Crippen LogP contribution in [0.4, 0.5) is 9.18 Å². The number of amides is 1. The van der Waals surface area contributed by atoms with Crippen LogP contribution in [0, 0.1) is 5.82 Å². The largest absolute Gasteiger partial charge is 0.480 e. The molecule has 1 saturated heterocycles. The number of nitrogens with zero attached hydrogens (tertiary/aromatic N) is 1. The smallest absolute Gasteiger partial charge is 0.407 e. The monoisotopic (exact) mass is 405 g/mol. The van der Waals surface area contributed by atoms with E-state index in [0.717, 1.165) is 24.0 Å². The summed E-state index contributed by atoms with van der Waals surface area (Å²) in [6.07, 6.45) is 1.07. The van der Waals surface area contributed by atoms with Gasteiger partial charge in [0.1, 0.15) is 11.6 Å². The van der Waals surface area contributed by atoms with E-state index in [4.69, 9.17) is 4.74 Å². The number of likely N-dealkylation sites (tertiary alicyclic amines) is 1. The molecule has 0 spiro atoms. The van der Waals surface area contributed by atoms with Crippen LogP contribution in [0.3, 0.4) is 0 Å². The Balaban J connectivity index is 1.85. The molecule has 1 N–H and O–H groups in total. The number of halogens is 2. The van der Waals surface area contributed by atoms with Crippen LogP contribution in [-0.4, -0.2) is 28.7 Å². The lowest BCUT2D eigenvalue weighted by molar-refractivity contribution is 0.00691. The molecular formula is C19H17BrFNO3. The summed E-state index contributed by atoms with van der Waals surface area (Å²) in [5.41, 5.74) is 0.952. The zero-order valence-electron chi connectivity index (χ0n) is 13.4. The van der Waals surface area contributed by atoms with E-state index in [2.05, 4.69) is 15.9 Å². The number of rotatable bonds is 2. The third-order valence-corrected chi connectivity index (χ3v) is 5.86. The van der Waals surface area contributed by atoms with Crippen LogP contribution in [0.5, 0.6) is 5.75 Å². The molecule has 0 aromatic heterocycles. The maximum atomic E-state index is 13.8. The summed E-state index contributed by atoms with van der Waals surface area (Å²) >= 11 is 3.43. The van der Waals surface area contributed by atoms with Crippen LogP contribution in [0.2, 0.25) is 0 Å². The van der Waals surface area contributed by atoms with Crippen LogP contribution in [0.25, 0.3) is 0 Å². The molecule has 6 heteroatoms. The molecule has 4 nitrogen and oxygen atoms in total. The fourth-order valence-electron chi connectivity index (χ4n) is 4.08. The van der Waals surface area contributed by atoms with E-state index in [0.29, 0.717) is 23.2 Å². The van der Waals surface area contributed by atoms with Crippen LogP contribution in [0.1, 0.15) is 24.0 Å². The molecule has 25 heavy (non-hydrogen) atoms. The molecule has 2 aliphatic rings. The van der Waals surface area contributed by atoms with Crippen LogP contribution in [0.15, 0.2) is 46.9 Å². The van der Waals surface area contributed by atoms with Crippen molar-refractivity contribution in [2.45, 2.75) is 30.9 Å². The first-order valence-electron chi connectivity index (χ1n) is 8.23. The van der Waals surface area contributed by atoms with Gasteiger partial charge in [-0.3, -0.25) is 0 Å². The Bertz CT molecular complexity index is 829. The number of benzene rings is 2. The lowest BCUT2D eigenvalue weighted by Gasteiger charge is -2.39. The molecular weight excluding hydrogens is 389 g/mol. The van der Waals surface area contributed by atoms with Gasteiger partial charge in [-0.1, -0.05) is 46.3 Å². The molecule has 2 aromatic carbocycles. The van der Waals surface area contributed by atoms with Gasteiger partial charge < -0.3 is 14.7 Å². The summed E-state index contributed by atoms with van der Waals surface area (Å²) in [4.78, 5) is 13.2. The SMILES string of the molecule is O=C(O)N1CCCC1C1(c2ccccc2)Cc2c(Br)cc(F)cc2O1. The highest BCUT2D eigenvalue weighted by atomic mass is 79.9. The second-order valence-electron chi connectivity index (χ2n) is 6.53. The predicted octanol–water partition coefficient (Wildman–Crippen LogP) is 4.56. The summed E-state index contributed by atoms with van der Waals surface area (Å²) in [7, 11) is 0. The van der Waals surface area contributed by atoms with Crippen LogP contribution in [-0.2, 0) is 12.0 Å². The highest BCUT2D eigenvalue weighted by Crippen LogP contribution is 2.49. The minimum absolute atomic E-state index is 0.310. The molecule has 2 aromatic rings. The number of carbonyl (C=O) groups is 1. The molecule has 2 heterocycles. The first kappa shape index (κ1) is 16.4. The Labute approximate surface area is 153 Å². The molecule has 2 aliphatic heterocycles. The van der Waals surface area contributed by atoms with Gasteiger partial charge in [-0.25, -0.2) is 9.18 Å². The highest BCUT2D eigenvalue weighted by Gasteiger charge is 2.53. The quantitative estimate of drug-likeness (QED) is 0.796. The van der Waals surface area contributed by atoms with Crippen molar-refractivity contribution in [3.05, 3.63) is 63.9 Å². The lowest BCUT2D eigenvalue weighted by Crippen LogP contribution is -2.52. The van der Waals surface area contributed by atoms with Gasteiger partial charge in [-0.05, 0) is 24.5 Å². The summed E-state index contributed by atoms with van der Waals surface area (Å²) < 4.78 is 20.8. The van der Waals surface area contributed by atoms with Gasteiger partial charge in [0, 0.05) is 29.1 Å². The molecule has 0 radical (unpaired) electrons. The van der Waals surface area contributed by atoms with Crippen molar-refractivity contribution in [1.82, 2.24) is 4.90 Å². The summed E-state index contributed by atoms with van der Waals surface area (Å²) in [5.74, 6) is 0.101. The van der Waals surface area contributed by atoms with Gasteiger partial charge in [0.25, 0.3) is 0 Å². The molecule has 1 fully saturated rings. The molecule has 0 saturated carbocycles. The van der Waals surface area contributed by atoms with E-state index in [-0.39, 0.29) is 11.9 Å². The van der Waals surface area contributed by atoms with E-state index in [9.17, 15) is 14.3 Å². The maximum Gasteiger partial charge on any atom is 0.407 e. The minimum atomic E-state index is -0.942. The first-order chi connectivity index (χ1) is 12.0. The van der Waals surface area contributed by atoms with Crippen molar-refractivity contribution in [3.8, 4) is 5.75 Å². The van der Waals surface area contributed by atoms with Gasteiger partial charge in [-0.2, -0.15) is 0 Å². The van der Waals surface area contributed by atoms with Crippen LogP contribution < -0.4 is 4.74 Å². The maximum absolute atomic E-state index is 13.8. The standard InChI is InChI=1S/C19H17BrFNO3/c20-15-9-13(21)10-16-14(15)11-19(25-16,12-5-2-1-3-6-12)17-7-4-8-22(17)18(23)24/h1-3,5-6,9-10,17H,4,7-8,11H2,(H,23,24). The van der Waals surface area contributed by atoms with Gasteiger partial charge in [0.05, 0.1) is 6.04 Å². The van der Waals surface area contributed by atoms with E-state index in [1.165, 1.54) is 17.0 Å². The molecule has 4 rings (SSSR count). The number of hydrogen-bond donors (Lipinski definition) is 1. The van der Waals surface area contributed by atoms with E-state index in [1.54, 1.807) is 0 Å². The molecule has 2 atom stereocenters. The Morgan fingerprint density at radius 1 is 1.32 bits per heavy atom. The summed E-state index contributed by atoms with van der Waals surface area (Å²) in [6.45, 7) is 0.490.